The molecule has 184 valence electrons. The Balaban J connectivity index is 1.55. The zero-order chi connectivity index (χ0) is 24.5. The van der Waals surface area contributed by atoms with Crippen molar-refractivity contribution >= 4 is 17.4 Å². The molecular formula is C30H41NO3. The molecule has 5 atom stereocenters. The number of alkyl carbamates (subject to hydrolysis) is 1. The first-order valence-electron chi connectivity index (χ1n) is 13.2. The lowest BCUT2D eigenvalue weighted by Crippen LogP contribution is -2.46. The van der Waals surface area contributed by atoms with Gasteiger partial charge in [-0.3, -0.25) is 4.79 Å². The molecule has 0 radical (unpaired) electrons. The van der Waals surface area contributed by atoms with E-state index in [1.807, 2.05) is 20.8 Å². The first kappa shape index (κ1) is 24.8. The number of carbonyl (C=O) groups excluding carboxylic acids is 2. The van der Waals surface area contributed by atoms with Gasteiger partial charge in [-0.15, -0.1) is 0 Å². The minimum Gasteiger partial charge on any atom is -0.444 e. The van der Waals surface area contributed by atoms with Crippen LogP contribution in [0.2, 0.25) is 0 Å². The molecule has 1 fully saturated rings. The van der Waals surface area contributed by atoms with E-state index in [1.54, 1.807) is 0 Å². The Morgan fingerprint density at radius 1 is 1.09 bits per heavy atom. The van der Waals surface area contributed by atoms with Crippen molar-refractivity contribution in [3.8, 4) is 0 Å². The van der Waals surface area contributed by atoms with Gasteiger partial charge in [0.05, 0.1) is 6.04 Å². The summed E-state index contributed by atoms with van der Waals surface area (Å²) in [5, 5.41) is 2.89. The van der Waals surface area contributed by atoms with E-state index in [-0.39, 0.29) is 5.78 Å². The number of fused-ring (bicyclic) bond motifs is 2. The molecular weight excluding hydrogens is 422 g/mol. The number of benzene rings is 1. The molecule has 0 aliphatic heterocycles. The minimum absolute atomic E-state index is 0.0961. The zero-order valence-corrected chi connectivity index (χ0v) is 21.5. The van der Waals surface area contributed by atoms with Gasteiger partial charge in [-0.05, 0) is 98.8 Å². The number of Topliss-reactive ketones (excluding diaryl/α,β-unsaturated/α-hetero) is 1. The molecule has 0 saturated heterocycles. The molecule has 1 amide bonds. The highest BCUT2D eigenvalue weighted by Crippen LogP contribution is 2.43. The van der Waals surface area contributed by atoms with E-state index in [9.17, 15) is 9.59 Å². The third kappa shape index (κ3) is 5.64. The van der Waals surface area contributed by atoms with Gasteiger partial charge in [0.1, 0.15) is 5.60 Å². The van der Waals surface area contributed by atoms with Gasteiger partial charge in [-0.25, -0.2) is 4.79 Å². The average molecular weight is 464 g/mol. The number of carbonyl (C=O) groups is 2. The number of hydrogen-bond donors (Lipinski definition) is 1. The zero-order valence-electron chi connectivity index (χ0n) is 21.5. The Kier molecular flexibility index (Phi) is 7.35. The van der Waals surface area contributed by atoms with E-state index in [0.717, 1.165) is 44.1 Å². The summed E-state index contributed by atoms with van der Waals surface area (Å²) >= 11 is 0. The number of ketones is 1. The maximum absolute atomic E-state index is 13.7. The molecule has 3 aliphatic carbocycles. The largest absolute Gasteiger partial charge is 0.444 e. The quantitative estimate of drug-likeness (QED) is 0.515. The lowest BCUT2D eigenvalue weighted by molar-refractivity contribution is -0.119. The lowest BCUT2D eigenvalue weighted by Gasteiger charge is -2.36. The van der Waals surface area contributed by atoms with Crippen LogP contribution in [0.4, 0.5) is 4.79 Å². The normalized spacial score (nSPS) is 29.6. The smallest absolute Gasteiger partial charge is 0.408 e. The Morgan fingerprint density at radius 3 is 2.62 bits per heavy atom. The van der Waals surface area contributed by atoms with Crippen LogP contribution < -0.4 is 5.32 Å². The standard InChI is InChI=1S/C30H41NO3/c1-19-9-8-12-27(31-29(33)34-30(3,4)5)28(32)26-18-21(14-16-24(19)26)17-22-15-13-20(2)23-10-6-7-11-25(22)23/h6-7,10-11,15,18-21,24,27H,8-9,12-14,16-17H2,1-5H3,(H,31,33)/t19?,20-,21?,24-,27?/m1/s1. The van der Waals surface area contributed by atoms with Gasteiger partial charge >= 0.3 is 6.09 Å². The summed E-state index contributed by atoms with van der Waals surface area (Å²) in [6.07, 6.45) is 11.1. The van der Waals surface area contributed by atoms with E-state index < -0.39 is 17.7 Å². The fourth-order valence-corrected chi connectivity index (χ4v) is 6.04. The van der Waals surface area contributed by atoms with Crippen molar-refractivity contribution in [3.05, 3.63) is 53.1 Å². The lowest BCUT2D eigenvalue weighted by atomic mass is 9.69. The Labute approximate surface area is 205 Å². The van der Waals surface area contributed by atoms with E-state index in [4.69, 9.17) is 4.74 Å². The summed E-state index contributed by atoms with van der Waals surface area (Å²) in [5.74, 6) is 1.80. The topological polar surface area (TPSA) is 55.4 Å². The predicted molar refractivity (Wildman–Crippen MR) is 138 cm³/mol. The van der Waals surface area contributed by atoms with Crippen molar-refractivity contribution in [1.82, 2.24) is 5.32 Å². The highest BCUT2D eigenvalue weighted by molar-refractivity contribution is 6.01. The van der Waals surface area contributed by atoms with Crippen LogP contribution in [-0.2, 0) is 9.53 Å². The summed E-state index contributed by atoms with van der Waals surface area (Å²) in [6, 6.07) is 8.28. The molecule has 1 saturated carbocycles. The fourth-order valence-electron chi connectivity index (χ4n) is 6.04. The summed E-state index contributed by atoms with van der Waals surface area (Å²) in [4.78, 5) is 26.2. The molecule has 1 N–H and O–H groups in total. The third-order valence-electron chi connectivity index (χ3n) is 7.83. The Morgan fingerprint density at radius 2 is 1.85 bits per heavy atom. The Bertz CT molecular complexity index is 983. The monoisotopic (exact) mass is 463 g/mol. The second kappa shape index (κ2) is 10.1. The van der Waals surface area contributed by atoms with Crippen LogP contribution in [0, 0.1) is 17.8 Å². The number of amides is 1. The summed E-state index contributed by atoms with van der Waals surface area (Å²) in [5.41, 5.74) is 4.61. The number of nitrogens with one attached hydrogen (secondary N) is 1. The molecule has 34 heavy (non-hydrogen) atoms. The van der Waals surface area contributed by atoms with Crippen molar-refractivity contribution in [2.75, 3.05) is 0 Å². The molecule has 0 aromatic heterocycles. The van der Waals surface area contributed by atoms with Crippen LogP contribution in [0.3, 0.4) is 0 Å². The molecule has 0 heterocycles. The van der Waals surface area contributed by atoms with Gasteiger partial charge < -0.3 is 10.1 Å². The van der Waals surface area contributed by atoms with Gasteiger partial charge in [0.15, 0.2) is 5.78 Å². The van der Waals surface area contributed by atoms with Crippen molar-refractivity contribution in [1.29, 1.82) is 0 Å². The number of hydrogen-bond acceptors (Lipinski definition) is 3. The van der Waals surface area contributed by atoms with Crippen molar-refractivity contribution in [2.45, 2.75) is 97.1 Å². The first-order valence-corrected chi connectivity index (χ1v) is 13.2. The van der Waals surface area contributed by atoms with Crippen molar-refractivity contribution in [3.63, 3.8) is 0 Å². The maximum atomic E-state index is 13.7. The highest BCUT2D eigenvalue weighted by Gasteiger charge is 2.37. The number of rotatable bonds is 3. The summed E-state index contributed by atoms with van der Waals surface area (Å²) in [6.45, 7) is 10.1. The number of ether oxygens (including phenoxy) is 1. The molecule has 3 unspecified atom stereocenters. The molecule has 4 nitrogen and oxygen atoms in total. The average Bonchev–Trinajstić information content (AvgIpc) is 2.78. The highest BCUT2D eigenvalue weighted by atomic mass is 16.6. The van der Waals surface area contributed by atoms with E-state index in [0.29, 0.717) is 30.1 Å². The van der Waals surface area contributed by atoms with Crippen molar-refractivity contribution in [2.24, 2.45) is 17.8 Å². The molecule has 0 bridgehead atoms. The predicted octanol–water partition coefficient (Wildman–Crippen LogP) is 7.20. The molecule has 4 rings (SSSR count). The SMILES string of the molecule is CC1CCCC(NC(=O)OC(C)(C)C)C(=O)C2=CC(CC3=CC[C@@H](C)c4ccccc43)CC[C@@H]21. The van der Waals surface area contributed by atoms with Crippen LogP contribution in [0.5, 0.6) is 0 Å². The fraction of sp³-hybridized carbons (Fsp3) is 0.600. The molecule has 4 heteroatoms. The van der Waals surface area contributed by atoms with Gasteiger partial charge in [0, 0.05) is 0 Å². The molecule has 1 aromatic carbocycles. The van der Waals surface area contributed by atoms with Crippen LogP contribution in [0.1, 0.15) is 96.6 Å². The van der Waals surface area contributed by atoms with E-state index in [2.05, 4.69) is 55.6 Å². The van der Waals surface area contributed by atoms with Gasteiger partial charge in [-0.2, -0.15) is 0 Å². The second-order valence-electron chi connectivity index (χ2n) is 11.7. The van der Waals surface area contributed by atoms with E-state index in [1.165, 1.54) is 16.7 Å². The molecule has 3 aliphatic rings. The first-order chi connectivity index (χ1) is 16.1. The maximum Gasteiger partial charge on any atom is 0.408 e. The van der Waals surface area contributed by atoms with Gasteiger partial charge in [-0.1, -0.05) is 63.1 Å². The second-order valence-corrected chi connectivity index (χ2v) is 11.7. The van der Waals surface area contributed by atoms with Crippen LogP contribution in [-0.4, -0.2) is 23.5 Å². The molecule has 1 aromatic rings. The summed E-state index contributed by atoms with van der Waals surface area (Å²) in [7, 11) is 0. The Hall–Kier alpha value is -2.36. The van der Waals surface area contributed by atoms with Crippen LogP contribution >= 0.6 is 0 Å². The van der Waals surface area contributed by atoms with Gasteiger partial charge in [0.25, 0.3) is 0 Å². The van der Waals surface area contributed by atoms with Crippen LogP contribution in [0.15, 0.2) is 42.0 Å². The molecule has 0 spiro atoms. The number of allylic oxidation sites excluding steroid dienone is 3. The van der Waals surface area contributed by atoms with Crippen LogP contribution in [0.25, 0.3) is 5.57 Å². The van der Waals surface area contributed by atoms with Crippen molar-refractivity contribution < 1.29 is 14.3 Å². The third-order valence-corrected chi connectivity index (χ3v) is 7.83. The summed E-state index contributed by atoms with van der Waals surface area (Å²) < 4.78 is 5.45. The van der Waals surface area contributed by atoms with Gasteiger partial charge in [0.2, 0.25) is 0 Å². The minimum atomic E-state index is -0.581. The van der Waals surface area contributed by atoms with E-state index >= 15 is 0 Å².